The van der Waals surface area contributed by atoms with Crippen LogP contribution in [0.25, 0.3) is 21.9 Å². The average Bonchev–Trinajstić information content (AvgIpc) is 4.16. The zero-order chi connectivity index (χ0) is 56.5. The Labute approximate surface area is 482 Å². The van der Waals surface area contributed by atoms with Crippen LogP contribution in [-0.2, 0) is 32.5 Å². The number of para-hydroxylation sites is 1. The van der Waals surface area contributed by atoms with Gasteiger partial charge in [-0.2, -0.15) is 0 Å². The Bertz CT molecular complexity index is 4220. The van der Waals surface area contributed by atoms with Crippen molar-refractivity contribution in [1.29, 1.82) is 0 Å². The summed E-state index contributed by atoms with van der Waals surface area (Å²) in [7, 11) is 0. The van der Waals surface area contributed by atoms with Gasteiger partial charge in [0.1, 0.15) is 11.2 Å². The van der Waals surface area contributed by atoms with E-state index in [-0.39, 0.29) is 44.7 Å². The molecule has 5 heteroatoms. The Morgan fingerprint density at radius 2 is 1.05 bits per heavy atom. The summed E-state index contributed by atoms with van der Waals surface area (Å²) in [5, 5.41) is 2.28. The lowest BCUT2D eigenvalue weighted by atomic mass is 9.33. The van der Waals surface area contributed by atoms with Crippen LogP contribution in [0.15, 0.2) is 144 Å². The minimum absolute atomic E-state index is 0.00668. The minimum atomic E-state index is -0.233. The summed E-state index contributed by atoms with van der Waals surface area (Å²) in [4.78, 5) is 8.19. The van der Waals surface area contributed by atoms with E-state index in [0.29, 0.717) is 0 Å². The maximum absolute atomic E-state index is 6.58. The zero-order valence-electron chi connectivity index (χ0n) is 50.8. The molecule has 9 aromatic rings. The molecule has 0 radical (unpaired) electrons. The van der Waals surface area contributed by atoms with Crippen LogP contribution in [0.1, 0.15) is 184 Å². The van der Waals surface area contributed by atoms with Gasteiger partial charge in [-0.25, -0.2) is 0 Å². The van der Waals surface area contributed by atoms with Gasteiger partial charge in [0.15, 0.2) is 0 Å². The molecule has 3 aliphatic heterocycles. The molecule has 0 amide bonds. The normalized spacial score (nSPS) is 22.1. The molecule has 6 aliphatic rings. The van der Waals surface area contributed by atoms with Gasteiger partial charge in [-0.3, -0.25) is 0 Å². The highest BCUT2D eigenvalue weighted by molar-refractivity contribution is 7.00. The van der Waals surface area contributed by atoms with Crippen LogP contribution in [0, 0.1) is 13.8 Å². The van der Waals surface area contributed by atoms with Crippen molar-refractivity contribution >= 4 is 90.5 Å². The summed E-state index contributed by atoms with van der Waals surface area (Å²) < 4.78 is 6.58. The van der Waals surface area contributed by atoms with Crippen LogP contribution in [0.4, 0.5) is 45.5 Å². The van der Waals surface area contributed by atoms with Gasteiger partial charge in [0, 0.05) is 72.5 Å². The van der Waals surface area contributed by atoms with Gasteiger partial charge in [0.05, 0.1) is 5.54 Å². The van der Waals surface area contributed by atoms with E-state index in [1.807, 2.05) is 0 Å². The van der Waals surface area contributed by atoms with E-state index in [1.165, 1.54) is 138 Å². The number of rotatable bonds is 3. The summed E-state index contributed by atoms with van der Waals surface area (Å²) in [5.41, 5.74) is 29.8. The fraction of sp³-hybridized carbons (Fsp3) is 0.368. The van der Waals surface area contributed by atoms with E-state index < -0.39 is 0 Å². The summed E-state index contributed by atoms with van der Waals surface area (Å²) in [5.74, 6) is 0. The van der Waals surface area contributed by atoms with Gasteiger partial charge in [-0.1, -0.05) is 169 Å². The Hall–Kier alpha value is -6.98. The van der Waals surface area contributed by atoms with E-state index in [0.717, 1.165) is 40.5 Å². The highest BCUT2D eigenvalue weighted by Crippen LogP contribution is 2.62. The van der Waals surface area contributed by atoms with Crippen LogP contribution >= 0.6 is 0 Å². The number of hydrogen-bond acceptors (Lipinski definition) is 4. The molecule has 2 atom stereocenters. The first-order valence-electron chi connectivity index (χ1n) is 30.5. The second kappa shape index (κ2) is 16.4. The maximum atomic E-state index is 6.58. The SMILES string of the molecule is Cc1cc2c3c(c1)N(c1cc4c(cc1C)C(C)(C)CCC4(C)C)c1cc4c(cc1B3c1ccc(N3c5ccc(C(C)(C)C)cc5C5(C)CCCCC35C)cc1N2c1ccc2oc3ccccc3c2c1)C(C)(C)c1ccccc1C4(C)C. The molecule has 4 heterocycles. The predicted molar refractivity (Wildman–Crippen MR) is 345 cm³/mol. The molecule has 0 N–H and O–H groups in total. The largest absolute Gasteiger partial charge is 0.456 e. The molecule has 15 rings (SSSR count). The molecular formula is C76H80BN3O. The molecule has 1 aromatic heterocycles. The Morgan fingerprint density at radius 1 is 0.444 bits per heavy atom. The molecular weight excluding hydrogens is 982 g/mol. The third-order valence-corrected chi connectivity index (χ3v) is 22.2. The highest BCUT2D eigenvalue weighted by atomic mass is 16.3. The molecule has 0 saturated heterocycles. The molecule has 8 aromatic carbocycles. The third kappa shape index (κ3) is 6.78. The second-order valence-corrected chi connectivity index (χ2v) is 29.7. The first-order valence-corrected chi connectivity index (χ1v) is 30.5. The first kappa shape index (κ1) is 50.9. The van der Waals surface area contributed by atoms with E-state index in [1.54, 1.807) is 0 Å². The molecule has 3 aliphatic carbocycles. The van der Waals surface area contributed by atoms with Crippen molar-refractivity contribution in [1.82, 2.24) is 0 Å². The standard InChI is InChI=1S/C76H80BN3O/c1-45-36-65-69-66(37-45)79(62-43-55-54(38-46(62)2)71(6,7)34-35-72(55,8)9)64-44-57-56(73(10,11)52-23-17-18-24-53(52)74(57,12)13)42-60(64)77(69)59-29-27-49(41-63(59)78(65)48-28-31-68-51(40-48)50-22-16-19-25-67(50)81-68)80-61-30-26-47(70(3,4)5)39-58(61)75(14)32-20-21-33-76(75,80)15/h16-19,22-31,36-44H,20-21,32-35H2,1-15H3. The monoisotopic (exact) mass is 1060 g/mol. The molecule has 408 valence electrons. The fourth-order valence-electron chi connectivity index (χ4n) is 17.1. The number of anilines is 8. The lowest BCUT2D eigenvalue weighted by molar-refractivity contribution is 0.195. The summed E-state index contributed by atoms with van der Waals surface area (Å²) >= 11 is 0. The van der Waals surface area contributed by atoms with Gasteiger partial charge in [0.25, 0.3) is 6.71 Å². The molecule has 2 unspecified atom stereocenters. The zero-order valence-corrected chi connectivity index (χ0v) is 50.8. The van der Waals surface area contributed by atoms with E-state index in [9.17, 15) is 0 Å². The van der Waals surface area contributed by atoms with Crippen molar-refractivity contribution in [3.63, 3.8) is 0 Å². The van der Waals surface area contributed by atoms with Crippen LogP contribution in [0.3, 0.4) is 0 Å². The number of benzene rings is 8. The lowest BCUT2D eigenvalue weighted by Crippen LogP contribution is -2.62. The van der Waals surface area contributed by atoms with Gasteiger partial charge in [0.2, 0.25) is 0 Å². The Morgan fingerprint density at radius 3 is 1.77 bits per heavy atom. The van der Waals surface area contributed by atoms with Crippen molar-refractivity contribution < 1.29 is 4.42 Å². The van der Waals surface area contributed by atoms with Crippen molar-refractivity contribution in [3.05, 3.63) is 195 Å². The van der Waals surface area contributed by atoms with Crippen molar-refractivity contribution in [3.8, 4) is 0 Å². The molecule has 81 heavy (non-hydrogen) atoms. The van der Waals surface area contributed by atoms with Crippen molar-refractivity contribution in [2.75, 3.05) is 14.7 Å². The summed E-state index contributed by atoms with van der Waals surface area (Å²) in [6, 6.07) is 55.6. The van der Waals surface area contributed by atoms with Crippen LogP contribution in [0.2, 0.25) is 0 Å². The predicted octanol–water partition coefficient (Wildman–Crippen LogP) is 18.6. The van der Waals surface area contributed by atoms with Gasteiger partial charge in [-0.05, 0) is 201 Å². The topological polar surface area (TPSA) is 22.9 Å². The Kier molecular flexibility index (Phi) is 10.3. The number of furan rings is 1. The van der Waals surface area contributed by atoms with Crippen LogP contribution < -0.4 is 31.1 Å². The minimum Gasteiger partial charge on any atom is -0.456 e. The average molecular weight is 1060 g/mol. The number of aryl methyl sites for hydroxylation is 2. The van der Waals surface area contributed by atoms with E-state index >= 15 is 0 Å². The maximum Gasteiger partial charge on any atom is 0.252 e. The number of nitrogens with zero attached hydrogens (tertiary/aromatic N) is 3. The molecule has 4 nitrogen and oxygen atoms in total. The lowest BCUT2D eigenvalue weighted by Gasteiger charge is -2.51. The highest BCUT2D eigenvalue weighted by Gasteiger charge is 2.58. The fourth-order valence-corrected chi connectivity index (χ4v) is 17.1. The van der Waals surface area contributed by atoms with E-state index in [2.05, 4.69) is 258 Å². The van der Waals surface area contributed by atoms with Gasteiger partial charge in [-0.15, -0.1) is 0 Å². The van der Waals surface area contributed by atoms with Crippen LogP contribution in [-0.4, -0.2) is 12.3 Å². The number of hydrogen-bond donors (Lipinski definition) is 0. The second-order valence-electron chi connectivity index (χ2n) is 29.7. The molecule has 0 spiro atoms. The Balaban J connectivity index is 1.04. The third-order valence-electron chi connectivity index (χ3n) is 22.2. The van der Waals surface area contributed by atoms with Crippen molar-refractivity contribution in [2.45, 2.75) is 180 Å². The molecule has 1 saturated carbocycles. The quantitative estimate of drug-likeness (QED) is 0.165. The smallest absolute Gasteiger partial charge is 0.252 e. The van der Waals surface area contributed by atoms with Gasteiger partial charge >= 0.3 is 0 Å². The molecule has 0 bridgehead atoms. The van der Waals surface area contributed by atoms with Crippen molar-refractivity contribution in [2.24, 2.45) is 0 Å². The summed E-state index contributed by atoms with van der Waals surface area (Å²) in [6.07, 6.45) is 7.15. The molecule has 1 fully saturated rings. The van der Waals surface area contributed by atoms with Gasteiger partial charge < -0.3 is 19.1 Å². The number of fused-ring (bicyclic) bond motifs is 13. The summed E-state index contributed by atoms with van der Waals surface area (Å²) in [6.45, 7) is 36.7. The van der Waals surface area contributed by atoms with E-state index in [4.69, 9.17) is 4.42 Å². The van der Waals surface area contributed by atoms with Crippen LogP contribution in [0.5, 0.6) is 0 Å². The first-order chi connectivity index (χ1) is 38.3.